The van der Waals surface area contributed by atoms with Crippen LogP contribution in [-0.4, -0.2) is 54.7 Å². The number of rotatable bonds is 8. The fourth-order valence-electron chi connectivity index (χ4n) is 2.77. The van der Waals surface area contributed by atoms with Crippen LogP contribution in [0.25, 0.3) is 0 Å². The molecule has 0 heterocycles. The molecule has 0 bridgehead atoms. The minimum atomic E-state index is -0.741. The van der Waals surface area contributed by atoms with Crippen LogP contribution in [0, 0.1) is 11.8 Å². The molecule has 0 aromatic rings. The first-order chi connectivity index (χ1) is 9.95. The molecule has 122 valence electrons. The average molecular weight is 299 g/mol. The van der Waals surface area contributed by atoms with Gasteiger partial charge in [-0.1, -0.05) is 13.3 Å². The van der Waals surface area contributed by atoms with Crippen molar-refractivity contribution in [1.82, 2.24) is 15.5 Å². The monoisotopic (exact) mass is 299 g/mol. The summed E-state index contributed by atoms with van der Waals surface area (Å²) in [4.78, 5) is 25.0. The zero-order valence-electron chi connectivity index (χ0n) is 13.4. The molecule has 3 unspecified atom stereocenters. The highest BCUT2D eigenvalue weighted by atomic mass is 16.4. The number of carboxylic acid groups (broad SMARTS) is 1. The number of aliphatic carboxylic acids is 1. The van der Waals surface area contributed by atoms with Crippen molar-refractivity contribution >= 4 is 12.0 Å². The average Bonchev–Trinajstić information content (AvgIpc) is 2.92. The van der Waals surface area contributed by atoms with Crippen LogP contribution in [0.4, 0.5) is 4.79 Å². The van der Waals surface area contributed by atoms with E-state index in [0.717, 1.165) is 32.2 Å². The van der Waals surface area contributed by atoms with Gasteiger partial charge in [0.15, 0.2) is 0 Å². The first kappa shape index (κ1) is 17.8. The Kier molecular flexibility index (Phi) is 7.50. The molecule has 21 heavy (non-hydrogen) atoms. The van der Waals surface area contributed by atoms with Crippen molar-refractivity contribution in [1.29, 1.82) is 0 Å². The minimum absolute atomic E-state index is 0.0658. The molecule has 0 aromatic carbocycles. The lowest BCUT2D eigenvalue weighted by Gasteiger charge is -2.23. The normalized spacial score (nSPS) is 23.0. The van der Waals surface area contributed by atoms with E-state index in [1.165, 1.54) is 0 Å². The summed E-state index contributed by atoms with van der Waals surface area (Å²) in [7, 11) is 2.05. The van der Waals surface area contributed by atoms with Crippen LogP contribution in [0.1, 0.15) is 39.5 Å². The van der Waals surface area contributed by atoms with Crippen LogP contribution in [0.15, 0.2) is 0 Å². The van der Waals surface area contributed by atoms with E-state index in [9.17, 15) is 9.59 Å². The Morgan fingerprint density at radius 2 is 2.05 bits per heavy atom. The van der Waals surface area contributed by atoms with Gasteiger partial charge in [-0.05, 0) is 39.2 Å². The van der Waals surface area contributed by atoms with E-state index in [1.54, 1.807) is 0 Å². The molecule has 3 atom stereocenters. The second-order valence-corrected chi connectivity index (χ2v) is 6.01. The van der Waals surface area contributed by atoms with E-state index in [-0.39, 0.29) is 17.9 Å². The van der Waals surface area contributed by atoms with E-state index in [2.05, 4.69) is 29.4 Å². The van der Waals surface area contributed by atoms with Crippen molar-refractivity contribution in [2.24, 2.45) is 11.8 Å². The number of urea groups is 1. The third-order valence-corrected chi connectivity index (χ3v) is 4.59. The number of hydrogen-bond donors (Lipinski definition) is 3. The Bertz CT molecular complexity index is 349. The van der Waals surface area contributed by atoms with Crippen molar-refractivity contribution < 1.29 is 14.7 Å². The Morgan fingerprint density at radius 3 is 2.67 bits per heavy atom. The van der Waals surface area contributed by atoms with Gasteiger partial charge in [-0.3, -0.25) is 4.79 Å². The zero-order valence-corrected chi connectivity index (χ0v) is 13.4. The fraction of sp³-hybridized carbons (Fsp3) is 0.867. The predicted molar refractivity (Wildman–Crippen MR) is 82.3 cm³/mol. The van der Waals surface area contributed by atoms with Gasteiger partial charge in [0.05, 0.1) is 5.92 Å². The highest BCUT2D eigenvalue weighted by Crippen LogP contribution is 2.31. The molecule has 0 aliphatic heterocycles. The van der Waals surface area contributed by atoms with E-state index >= 15 is 0 Å². The third-order valence-electron chi connectivity index (χ3n) is 4.59. The summed E-state index contributed by atoms with van der Waals surface area (Å²) in [6.07, 6.45) is 3.63. The topological polar surface area (TPSA) is 81.7 Å². The standard InChI is InChI=1S/C15H29N3O3/c1-4-11(2)18(3)9-8-16-15(21)17-10-12-6-5-7-13(12)14(19)20/h11-13H,4-10H2,1-3H3,(H,19,20)(H2,16,17,21). The molecule has 2 amide bonds. The summed E-state index contributed by atoms with van der Waals surface area (Å²) in [5.74, 6) is -0.979. The Labute approximate surface area is 127 Å². The largest absolute Gasteiger partial charge is 0.481 e. The zero-order chi connectivity index (χ0) is 15.8. The second-order valence-electron chi connectivity index (χ2n) is 6.01. The van der Waals surface area contributed by atoms with Crippen molar-refractivity contribution in [2.75, 3.05) is 26.7 Å². The van der Waals surface area contributed by atoms with Crippen molar-refractivity contribution in [3.05, 3.63) is 0 Å². The Morgan fingerprint density at radius 1 is 1.33 bits per heavy atom. The van der Waals surface area contributed by atoms with Gasteiger partial charge in [-0.15, -0.1) is 0 Å². The summed E-state index contributed by atoms with van der Waals surface area (Å²) in [5, 5.41) is 14.7. The quantitative estimate of drug-likeness (QED) is 0.634. The summed E-state index contributed by atoms with van der Waals surface area (Å²) < 4.78 is 0. The number of nitrogens with zero attached hydrogens (tertiary/aromatic N) is 1. The van der Waals surface area contributed by atoms with Crippen LogP contribution in [0.2, 0.25) is 0 Å². The van der Waals surface area contributed by atoms with Crippen molar-refractivity contribution in [3.63, 3.8) is 0 Å². The van der Waals surface area contributed by atoms with Gasteiger partial charge < -0.3 is 20.6 Å². The molecule has 1 aliphatic carbocycles. The number of nitrogens with one attached hydrogen (secondary N) is 2. The van der Waals surface area contributed by atoms with Gasteiger partial charge in [-0.25, -0.2) is 4.79 Å². The number of carboxylic acids is 1. The molecule has 1 aliphatic rings. The lowest BCUT2D eigenvalue weighted by molar-refractivity contribution is -0.142. The molecule has 1 fully saturated rings. The third kappa shape index (κ3) is 5.91. The number of hydrogen-bond acceptors (Lipinski definition) is 3. The molecule has 3 N–H and O–H groups in total. The van der Waals surface area contributed by atoms with Crippen LogP contribution < -0.4 is 10.6 Å². The Balaban J connectivity index is 2.18. The number of likely N-dealkylation sites (N-methyl/N-ethyl adjacent to an activating group) is 1. The number of carbonyl (C=O) groups excluding carboxylic acids is 1. The van der Waals surface area contributed by atoms with Gasteiger partial charge in [0.1, 0.15) is 0 Å². The predicted octanol–water partition coefficient (Wildman–Crippen LogP) is 1.52. The smallest absolute Gasteiger partial charge is 0.314 e. The molecule has 0 aromatic heterocycles. The molecular formula is C15H29N3O3. The second kappa shape index (κ2) is 8.87. The maximum atomic E-state index is 11.7. The van der Waals surface area contributed by atoms with Crippen molar-refractivity contribution in [3.8, 4) is 0 Å². The van der Waals surface area contributed by atoms with E-state index in [4.69, 9.17) is 5.11 Å². The maximum Gasteiger partial charge on any atom is 0.314 e. The van der Waals surface area contributed by atoms with Crippen LogP contribution in [0.5, 0.6) is 0 Å². The summed E-state index contributed by atoms with van der Waals surface area (Å²) in [5.41, 5.74) is 0. The van der Waals surface area contributed by atoms with E-state index in [0.29, 0.717) is 19.1 Å². The Hall–Kier alpha value is -1.30. The molecular weight excluding hydrogens is 270 g/mol. The van der Waals surface area contributed by atoms with E-state index < -0.39 is 5.97 Å². The molecule has 6 heteroatoms. The molecule has 0 radical (unpaired) electrons. The van der Waals surface area contributed by atoms with Gasteiger partial charge in [0.25, 0.3) is 0 Å². The lowest BCUT2D eigenvalue weighted by Crippen LogP contribution is -2.43. The van der Waals surface area contributed by atoms with Gasteiger partial charge >= 0.3 is 12.0 Å². The van der Waals surface area contributed by atoms with Gasteiger partial charge in [0, 0.05) is 25.7 Å². The summed E-state index contributed by atoms with van der Waals surface area (Å²) >= 11 is 0. The van der Waals surface area contributed by atoms with E-state index in [1.807, 2.05) is 7.05 Å². The minimum Gasteiger partial charge on any atom is -0.481 e. The highest BCUT2D eigenvalue weighted by Gasteiger charge is 2.32. The van der Waals surface area contributed by atoms with Crippen molar-refractivity contribution in [2.45, 2.75) is 45.6 Å². The first-order valence-electron chi connectivity index (χ1n) is 7.90. The maximum absolute atomic E-state index is 11.7. The summed E-state index contributed by atoms with van der Waals surface area (Å²) in [6.45, 7) is 6.15. The number of carbonyl (C=O) groups is 2. The molecule has 1 rings (SSSR count). The molecule has 6 nitrogen and oxygen atoms in total. The van der Waals surface area contributed by atoms with Crippen LogP contribution in [0.3, 0.4) is 0 Å². The van der Waals surface area contributed by atoms with Crippen LogP contribution >= 0.6 is 0 Å². The van der Waals surface area contributed by atoms with Gasteiger partial charge in [-0.2, -0.15) is 0 Å². The van der Waals surface area contributed by atoms with Gasteiger partial charge in [0.2, 0.25) is 0 Å². The lowest BCUT2D eigenvalue weighted by atomic mass is 9.96. The SMILES string of the molecule is CCC(C)N(C)CCNC(=O)NCC1CCCC1C(=O)O. The van der Waals surface area contributed by atoms with Crippen LogP contribution in [-0.2, 0) is 4.79 Å². The molecule has 0 spiro atoms. The molecule has 0 saturated heterocycles. The first-order valence-corrected chi connectivity index (χ1v) is 7.90. The fourth-order valence-corrected chi connectivity index (χ4v) is 2.77. The number of amides is 2. The highest BCUT2D eigenvalue weighted by molar-refractivity contribution is 5.74. The molecule has 1 saturated carbocycles. The summed E-state index contributed by atoms with van der Waals surface area (Å²) in [6, 6.07) is 0.299.